The van der Waals surface area contributed by atoms with E-state index in [1.807, 2.05) is 30.5 Å². The van der Waals surface area contributed by atoms with Crippen molar-refractivity contribution < 1.29 is 0 Å². The molecule has 1 aromatic heterocycles. The van der Waals surface area contributed by atoms with Crippen molar-refractivity contribution in [2.45, 2.75) is 4.90 Å². The number of rotatable bonds is 2. The number of nitrogens with zero attached hydrogens (tertiary/aromatic N) is 1. The van der Waals surface area contributed by atoms with E-state index in [1.54, 1.807) is 11.8 Å². The Labute approximate surface area is 87.5 Å². The summed E-state index contributed by atoms with van der Waals surface area (Å²) in [6.45, 7) is 0. The molecule has 1 nitrogen and oxygen atoms in total. The average Bonchev–Trinajstić information content (AvgIpc) is 2.26. The van der Waals surface area contributed by atoms with Crippen molar-refractivity contribution in [2.75, 3.05) is 5.75 Å². The highest BCUT2D eigenvalue weighted by molar-refractivity contribution is 7.99. The Morgan fingerprint density at radius 3 is 3.00 bits per heavy atom. The number of hydrogen-bond donors (Lipinski definition) is 0. The predicted octanol–water partition coefficient (Wildman–Crippen LogP) is 2.96. The van der Waals surface area contributed by atoms with E-state index in [-0.39, 0.29) is 0 Å². The van der Waals surface area contributed by atoms with Crippen molar-refractivity contribution in [3.63, 3.8) is 0 Å². The molecule has 0 radical (unpaired) electrons. The molecule has 14 heavy (non-hydrogen) atoms. The van der Waals surface area contributed by atoms with Gasteiger partial charge in [0.25, 0.3) is 0 Å². The maximum absolute atomic E-state index is 5.23. The molecule has 0 aliphatic carbocycles. The molecule has 0 atom stereocenters. The Hall–Kier alpha value is -1.46. The van der Waals surface area contributed by atoms with E-state index in [2.05, 4.69) is 17.0 Å². The number of aromatic nitrogens is 1. The smallest absolute Gasteiger partial charge is 0.0713 e. The van der Waals surface area contributed by atoms with Crippen LogP contribution in [-0.4, -0.2) is 10.7 Å². The quantitative estimate of drug-likeness (QED) is 0.545. The third-order valence-electron chi connectivity index (χ3n) is 1.92. The number of hydrogen-bond acceptors (Lipinski definition) is 2. The molecule has 0 aliphatic rings. The zero-order valence-electron chi connectivity index (χ0n) is 7.60. The van der Waals surface area contributed by atoms with Crippen LogP contribution in [0.3, 0.4) is 0 Å². The fraction of sp³-hybridized carbons (Fsp3) is 0.0833. The Balaban J connectivity index is 2.49. The first-order valence-electron chi connectivity index (χ1n) is 4.32. The number of pyridine rings is 1. The van der Waals surface area contributed by atoms with Gasteiger partial charge in [-0.2, -0.15) is 0 Å². The van der Waals surface area contributed by atoms with Crippen molar-refractivity contribution >= 4 is 22.7 Å². The molecular weight excluding hydrogens is 190 g/mol. The van der Waals surface area contributed by atoms with E-state index in [9.17, 15) is 0 Å². The summed E-state index contributed by atoms with van der Waals surface area (Å²) in [4.78, 5) is 5.49. The van der Waals surface area contributed by atoms with Crippen molar-refractivity contribution in [3.8, 4) is 12.3 Å². The monoisotopic (exact) mass is 199 g/mol. The molecular formula is C12H9NS. The largest absolute Gasteiger partial charge is 0.256 e. The van der Waals surface area contributed by atoms with Crippen LogP contribution < -0.4 is 0 Å². The van der Waals surface area contributed by atoms with Crippen LogP contribution in [0.4, 0.5) is 0 Å². The summed E-state index contributed by atoms with van der Waals surface area (Å²) < 4.78 is 0. The van der Waals surface area contributed by atoms with Crippen LogP contribution in [0.15, 0.2) is 41.4 Å². The van der Waals surface area contributed by atoms with Gasteiger partial charge in [-0.3, -0.25) is 4.98 Å². The van der Waals surface area contributed by atoms with Crippen molar-refractivity contribution in [2.24, 2.45) is 0 Å². The molecule has 1 heterocycles. The van der Waals surface area contributed by atoms with Crippen LogP contribution in [0.5, 0.6) is 0 Å². The first-order valence-corrected chi connectivity index (χ1v) is 5.30. The van der Waals surface area contributed by atoms with Crippen LogP contribution in [0.25, 0.3) is 10.9 Å². The Bertz CT molecular complexity index is 480. The van der Waals surface area contributed by atoms with Crippen LogP contribution in [0.1, 0.15) is 0 Å². The standard InChI is InChI=1S/C12H9NS/c1-2-9-14-12-7-8-13-11-6-4-3-5-10(11)12/h1,3-8H,9H2. The van der Waals surface area contributed by atoms with Gasteiger partial charge in [-0.05, 0) is 12.1 Å². The zero-order chi connectivity index (χ0) is 9.80. The molecule has 0 amide bonds. The fourth-order valence-corrected chi connectivity index (χ4v) is 2.04. The first-order chi connectivity index (χ1) is 6.92. The van der Waals surface area contributed by atoms with Crippen LogP contribution in [0.2, 0.25) is 0 Å². The number of fused-ring (bicyclic) bond motifs is 1. The average molecular weight is 199 g/mol. The topological polar surface area (TPSA) is 12.9 Å². The van der Waals surface area contributed by atoms with Gasteiger partial charge in [0.05, 0.1) is 11.3 Å². The van der Waals surface area contributed by atoms with Gasteiger partial charge in [0.2, 0.25) is 0 Å². The highest BCUT2D eigenvalue weighted by Gasteiger charge is 1.99. The number of thioether (sulfide) groups is 1. The van der Waals surface area contributed by atoms with Gasteiger partial charge in [0.1, 0.15) is 0 Å². The minimum absolute atomic E-state index is 0.702. The second-order valence-corrected chi connectivity index (χ2v) is 3.84. The first kappa shape index (κ1) is 9.11. The number of benzene rings is 1. The minimum Gasteiger partial charge on any atom is -0.256 e. The van der Waals surface area contributed by atoms with Crippen molar-refractivity contribution in [1.82, 2.24) is 4.98 Å². The summed E-state index contributed by atoms with van der Waals surface area (Å²) in [5, 5.41) is 1.18. The van der Waals surface area contributed by atoms with E-state index < -0.39 is 0 Å². The fourth-order valence-electron chi connectivity index (χ4n) is 1.31. The predicted molar refractivity (Wildman–Crippen MR) is 61.3 cm³/mol. The Kier molecular flexibility index (Phi) is 2.71. The van der Waals surface area contributed by atoms with Crippen molar-refractivity contribution in [3.05, 3.63) is 36.5 Å². The molecule has 0 bridgehead atoms. The Morgan fingerprint density at radius 2 is 2.14 bits per heavy atom. The molecule has 0 spiro atoms. The highest BCUT2D eigenvalue weighted by atomic mass is 32.2. The molecule has 1 aromatic carbocycles. The summed E-state index contributed by atoms with van der Waals surface area (Å²) >= 11 is 1.67. The lowest BCUT2D eigenvalue weighted by molar-refractivity contribution is 1.35. The minimum atomic E-state index is 0.702. The molecule has 2 aromatic rings. The lowest BCUT2D eigenvalue weighted by Gasteiger charge is -2.02. The molecule has 2 heteroatoms. The molecule has 68 valence electrons. The molecule has 0 saturated carbocycles. The molecule has 0 fully saturated rings. The van der Waals surface area contributed by atoms with E-state index in [0.29, 0.717) is 5.75 Å². The van der Waals surface area contributed by atoms with E-state index in [1.165, 1.54) is 10.3 Å². The normalized spacial score (nSPS) is 9.93. The third-order valence-corrected chi connectivity index (χ3v) is 2.90. The Morgan fingerprint density at radius 1 is 1.29 bits per heavy atom. The van der Waals surface area contributed by atoms with Gasteiger partial charge in [-0.15, -0.1) is 18.2 Å². The lowest BCUT2D eigenvalue weighted by atomic mass is 10.2. The van der Waals surface area contributed by atoms with E-state index in [4.69, 9.17) is 6.42 Å². The summed E-state index contributed by atoms with van der Waals surface area (Å²) in [6, 6.07) is 10.1. The molecule has 0 N–H and O–H groups in total. The SMILES string of the molecule is C#CCSc1ccnc2ccccc12. The van der Waals surface area contributed by atoms with E-state index >= 15 is 0 Å². The van der Waals surface area contributed by atoms with Gasteiger partial charge in [-0.1, -0.05) is 24.1 Å². The van der Waals surface area contributed by atoms with Gasteiger partial charge >= 0.3 is 0 Å². The molecule has 0 saturated heterocycles. The maximum atomic E-state index is 5.23. The molecule has 2 rings (SSSR count). The number of terminal acetylenes is 1. The highest BCUT2D eigenvalue weighted by Crippen LogP contribution is 2.25. The lowest BCUT2D eigenvalue weighted by Crippen LogP contribution is -1.81. The third kappa shape index (κ3) is 1.73. The summed E-state index contributed by atoms with van der Waals surface area (Å²) in [5.41, 5.74) is 1.02. The maximum Gasteiger partial charge on any atom is 0.0713 e. The second-order valence-electron chi connectivity index (χ2n) is 2.82. The summed E-state index contributed by atoms with van der Waals surface area (Å²) in [6.07, 6.45) is 7.05. The van der Waals surface area contributed by atoms with E-state index in [0.717, 1.165) is 5.52 Å². The molecule has 0 aliphatic heterocycles. The van der Waals surface area contributed by atoms with Gasteiger partial charge in [-0.25, -0.2) is 0 Å². The van der Waals surface area contributed by atoms with Gasteiger partial charge in [0.15, 0.2) is 0 Å². The van der Waals surface area contributed by atoms with Crippen LogP contribution in [0, 0.1) is 12.3 Å². The van der Waals surface area contributed by atoms with Crippen LogP contribution >= 0.6 is 11.8 Å². The zero-order valence-corrected chi connectivity index (χ0v) is 8.42. The summed E-state index contributed by atoms with van der Waals surface area (Å²) in [7, 11) is 0. The van der Waals surface area contributed by atoms with Crippen molar-refractivity contribution in [1.29, 1.82) is 0 Å². The molecule has 0 unspecified atom stereocenters. The second kappa shape index (κ2) is 4.17. The summed E-state index contributed by atoms with van der Waals surface area (Å²) in [5.74, 6) is 3.33. The van der Waals surface area contributed by atoms with Gasteiger partial charge < -0.3 is 0 Å². The van der Waals surface area contributed by atoms with Crippen LogP contribution in [-0.2, 0) is 0 Å². The number of para-hydroxylation sites is 1. The van der Waals surface area contributed by atoms with Gasteiger partial charge in [0, 0.05) is 16.5 Å².